The van der Waals surface area contributed by atoms with Crippen LogP contribution in [0.5, 0.6) is 0 Å². The zero-order valence-corrected chi connectivity index (χ0v) is 21.6. The molecule has 196 valence electrons. The Hall–Kier alpha value is -4.43. The van der Waals surface area contributed by atoms with Gasteiger partial charge in [-0.3, -0.25) is 15.0 Å². The molecule has 0 unspecified atom stereocenters. The van der Waals surface area contributed by atoms with Crippen molar-refractivity contribution in [3.05, 3.63) is 108 Å². The summed E-state index contributed by atoms with van der Waals surface area (Å²) in [5.41, 5.74) is 6.30. The molecule has 5 aromatic rings. The van der Waals surface area contributed by atoms with E-state index in [1.54, 1.807) is 24.4 Å². The monoisotopic (exact) mass is 522 g/mol. The topological polar surface area (TPSA) is 73.5 Å². The van der Waals surface area contributed by atoms with Gasteiger partial charge in [-0.1, -0.05) is 30.9 Å². The first-order valence-electron chi connectivity index (χ1n) is 13.0. The highest BCUT2D eigenvalue weighted by Gasteiger charge is 2.20. The van der Waals surface area contributed by atoms with E-state index in [1.165, 1.54) is 31.0 Å². The number of aryl methyl sites for hydroxylation is 1. The predicted molar refractivity (Wildman–Crippen MR) is 150 cm³/mol. The fourth-order valence-corrected chi connectivity index (χ4v) is 5.28. The van der Waals surface area contributed by atoms with Crippen molar-refractivity contribution in [2.75, 3.05) is 13.1 Å². The highest BCUT2D eigenvalue weighted by atomic mass is 19.1. The van der Waals surface area contributed by atoms with E-state index in [0.29, 0.717) is 33.7 Å². The molecule has 4 heterocycles. The van der Waals surface area contributed by atoms with E-state index in [-0.39, 0.29) is 11.3 Å². The molecule has 1 fully saturated rings. The van der Waals surface area contributed by atoms with Crippen LogP contribution in [0.2, 0.25) is 0 Å². The van der Waals surface area contributed by atoms with Crippen molar-refractivity contribution in [3.63, 3.8) is 0 Å². The Balaban J connectivity index is 1.40. The van der Waals surface area contributed by atoms with E-state index in [0.717, 1.165) is 42.0 Å². The molecule has 1 aliphatic rings. The molecule has 0 amide bonds. The van der Waals surface area contributed by atoms with E-state index in [1.807, 2.05) is 25.3 Å². The molecule has 8 heteroatoms. The Kier molecular flexibility index (Phi) is 6.62. The van der Waals surface area contributed by atoms with Gasteiger partial charge in [0.1, 0.15) is 17.0 Å². The summed E-state index contributed by atoms with van der Waals surface area (Å²) in [4.78, 5) is 15.0. The number of allylic oxidation sites excluding steroid dienone is 2. The number of aromatic nitrogens is 5. The van der Waals surface area contributed by atoms with Crippen LogP contribution in [0.15, 0.2) is 73.6 Å². The zero-order valence-electron chi connectivity index (χ0n) is 21.6. The molecule has 0 spiro atoms. The minimum atomic E-state index is -0.426. The first-order chi connectivity index (χ1) is 19.0. The van der Waals surface area contributed by atoms with Crippen LogP contribution in [-0.2, 0) is 6.54 Å². The molecular weight excluding hydrogens is 494 g/mol. The molecule has 2 aromatic carbocycles. The molecule has 0 aliphatic carbocycles. The SMILES string of the molecule is C=C/C=C(/c1cccc(F)c1)c1nc(-c2[nH]nc3c(F)cc(-c4cncc(CN5CCCC5)c4)cc23)[nH]c1C. The Morgan fingerprint density at radius 2 is 1.92 bits per heavy atom. The summed E-state index contributed by atoms with van der Waals surface area (Å²) < 4.78 is 29.3. The van der Waals surface area contributed by atoms with Crippen molar-refractivity contribution < 1.29 is 8.78 Å². The number of halogens is 2. The molecule has 3 aromatic heterocycles. The minimum Gasteiger partial charge on any atom is -0.340 e. The molecule has 1 aliphatic heterocycles. The summed E-state index contributed by atoms with van der Waals surface area (Å²) in [7, 11) is 0. The van der Waals surface area contributed by atoms with Crippen LogP contribution in [-0.4, -0.2) is 43.1 Å². The summed E-state index contributed by atoms with van der Waals surface area (Å²) in [6.45, 7) is 8.73. The van der Waals surface area contributed by atoms with Gasteiger partial charge in [-0.2, -0.15) is 5.10 Å². The molecule has 0 atom stereocenters. The highest BCUT2D eigenvalue weighted by Crippen LogP contribution is 2.34. The van der Waals surface area contributed by atoms with E-state index in [2.05, 4.69) is 37.7 Å². The number of imidazole rings is 1. The third-order valence-electron chi connectivity index (χ3n) is 7.14. The second-order valence-electron chi connectivity index (χ2n) is 9.90. The number of aromatic amines is 2. The first-order valence-corrected chi connectivity index (χ1v) is 13.0. The van der Waals surface area contributed by atoms with Crippen molar-refractivity contribution in [3.8, 4) is 22.6 Å². The van der Waals surface area contributed by atoms with Gasteiger partial charge in [-0.15, -0.1) is 0 Å². The molecular formula is C31H28F2N6. The first kappa shape index (κ1) is 24.9. The van der Waals surface area contributed by atoms with E-state index < -0.39 is 5.82 Å². The largest absolute Gasteiger partial charge is 0.340 e. The molecule has 0 saturated carbocycles. The van der Waals surface area contributed by atoms with Gasteiger partial charge in [-0.05, 0) is 79.9 Å². The lowest BCUT2D eigenvalue weighted by Gasteiger charge is -2.14. The molecule has 39 heavy (non-hydrogen) atoms. The molecule has 2 N–H and O–H groups in total. The fourth-order valence-electron chi connectivity index (χ4n) is 5.28. The number of rotatable bonds is 7. The summed E-state index contributed by atoms with van der Waals surface area (Å²) in [6.07, 6.45) is 9.52. The Morgan fingerprint density at radius 1 is 1.08 bits per heavy atom. The molecule has 6 nitrogen and oxygen atoms in total. The van der Waals surface area contributed by atoms with Gasteiger partial charge >= 0.3 is 0 Å². The number of fused-ring (bicyclic) bond motifs is 1. The smallest absolute Gasteiger partial charge is 0.156 e. The van der Waals surface area contributed by atoms with Crippen LogP contribution in [0.3, 0.4) is 0 Å². The summed E-state index contributed by atoms with van der Waals surface area (Å²) in [5, 5.41) is 7.81. The average molecular weight is 523 g/mol. The van der Waals surface area contributed by atoms with Crippen molar-refractivity contribution in [2.45, 2.75) is 26.3 Å². The van der Waals surface area contributed by atoms with Crippen molar-refractivity contribution in [2.24, 2.45) is 0 Å². The number of pyridine rings is 1. The second-order valence-corrected chi connectivity index (χ2v) is 9.90. The molecule has 0 radical (unpaired) electrons. The van der Waals surface area contributed by atoms with E-state index in [4.69, 9.17) is 4.98 Å². The maximum atomic E-state index is 15.3. The number of benzene rings is 2. The third kappa shape index (κ3) is 4.91. The lowest BCUT2D eigenvalue weighted by molar-refractivity contribution is 0.331. The maximum absolute atomic E-state index is 15.3. The minimum absolute atomic E-state index is 0.234. The Labute approximate surface area is 225 Å². The van der Waals surface area contributed by atoms with Gasteiger partial charge in [0.05, 0.1) is 5.69 Å². The van der Waals surface area contributed by atoms with Crippen LogP contribution in [0.25, 0.3) is 39.1 Å². The highest BCUT2D eigenvalue weighted by molar-refractivity contribution is 5.95. The van der Waals surface area contributed by atoms with Crippen molar-refractivity contribution >= 4 is 16.5 Å². The number of likely N-dealkylation sites (tertiary alicyclic amines) is 1. The number of H-pyrrole nitrogens is 2. The quantitative estimate of drug-likeness (QED) is 0.230. The summed E-state index contributed by atoms with van der Waals surface area (Å²) >= 11 is 0. The van der Waals surface area contributed by atoms with Crippen LogP contribution in [0, 0.1) is 18.6 Å². The van der Waals surface area contributed by atoms with Gasteiger partial charge in [0, 0.05) is 41.2 Å². The molecule has 6 rings (SSSR count). The van der Waals surface area contributed by atoms with Gasteiger partial charge in [0.25, 0.3) is 0 Å². The van der Waals surface area contributed by atoms with Crippen molar-refractivity contribution in [1.29, 1.82) is 0 Å². The third-order valence-corrected chi connectivity index (χ3v) is 7.14. The lowest BCUT2D eigenvalue weighted by Crippen LogP contribution is -2.18. The van der Waals surface area contributed by atoms with Crippen molar-refractivity contribution in [1.82, 2.24) is 30.0 Å². The van der Waals surface area contributed by atoms with E-state index >= 15 is 4.39 Å². The second kappa shape index (κ2) is 10.4. The van der Waals surface area contributed by atoms with E-state index in [9.17, 15) is 4.39 Å². The Morgan fingerprint density at radius 3 is 2.72 bits per heavy atom. The average Bonchev–Trinajstić information content (AvgIpc) is 3.68. The van der Waals surface area contributed by atoms with Gasteiger partial charge in [-0.25, -0.2) is 13.8 Å². The zero-order chi connectivity index (χ0) is 26.9. The molecule has 1 saturated heterocycles. The van der Waals surface area contributed by atoms with Crippen LogP contribution in [0.4, 0.5) is 8.78 Å². The van der Waals surface area contributed by atoms with Gasteiger partial charge in [0.2, 0.25) is 0 Å². The number of nitrogens with zero attached hydrogens (tertiary/aromatic N) is 4. The normalized spacial score (nSPS) is 14.4. The van der Waals surface area contributed by atoms with Gasteiger partial charge < -0.3 is 4.98 Å². The lowest BCUT2D eigenvalue weighted by atomic mass is 10.0. The molecule has 0 bridgehead atoms. The Bertz CT molecular complexity index is 1710. The maximum Gasteiger partial charge on any atom is 0.156 e. The fraction of sp³-hybridized carbons (Fsp3) is 0.194. The van der Waals surface area contributed by atoms with Gasteiger partial charge in [0.15, 0.2) is 11.6 Å². The van der Waals surface area contributed by atoms with Crippen LogP contribution < -0.4 is 0 Å². The summed E-state index contributed by atoms with van der Waals surface area (Å²) in [6, 6.07) is 11.8. The summed E-state index contributed by atoms with van der Waals surface area (Å²) in [5.74, 6) is -0.253. The van der Waals surface area contributed by atoms with Crippen LogP contribution >= 0.6 is 0 Å². The number of hydrogen-bond donors (Lipinski definition) is 2. The number of hydrogen-bond acceptors (Lipinski definition) is 4. The number of nitrogens with one attached hydrogen (secondary N) is 2. The predicted octanol–water partition coefficient (Wildman–Crippen LogP) is 6.82. The van der Waals surface area contributed by atoms with Crippen LogP contribution in [0.1, 0.15) is 35.4 Å². The standard InChI is InChI=1S/C31H28F2N6/c1-3-7-25(21-8-6-9-24(32)13-21)28-19(2)35-31(36-28)30-26-14-22(15-27(33)29(26)37-38-30)23-12-20(16-34-17-23)18-39-10-4-5-11-39/h3,6-9,12-17H,1,4-5,10-11,18H2,2H3,(H,35,36)(H,37,38)/b25-7-.